The Morgan fingerprint density at radius 2 is 1.81 bits per heavy atom. The first-order valence-electron chi connectivity index (χ1n) is 7.12. The van der Waals surface area contributed by atoms with Crippen LogP contribution in [-0.2, 0) is 0 Å². The number of hydrogen-bond donors (Lipinski definition) is 1. The predicted octanol–water partition coefficient (Wildman–Crippen LogP) is 2.80. The Kier molecular flexibility index (Phi) is 4.26. The summed E-state index contributed by atoms with van der Waals surface area (Å²) < 4.78 is 0. The Morgan fingerprint density at radius 3 is 2.44 bits per heavy atom. The van der Waals surface area contributed by atoms with Gasteiger partial charge in [0, 0.05) is 12.1 Å². The lowest BCUT2D eigenvalue weighted by Gasteiger charge is -2.42. The molecule has 0 aromatic heterocycles. The molecule has 2 nitrogen and oxygen atoms in total. The average Bonchev–Trinajstić information content (AvgIpc) is 2.81. The maximum Gasteiger partial charge on any atom is 0.0555 e. The average molecular weight is 225 g/mol. The minimum Gasteiger partial charge on any atom is -0.393 e. The highest BCUT2D eigenvalue weighted by atomic mass is 16.3. The molecule has 0 aromatic rings. The molecule has 2 aliphatic carbocycles. The lowest BCUT2D eigenvalue weighted by molar-refractivity contribution is 0.0199. The molecule has 0 radical (unpaired) electrons. The van der Waals surface area contributed by atoms with Crippen molar-refractivity contribution in [3.05, 3.63) is 0 Å². The van der Waals surface area contributed by atoms with Crippen LogP contribution in [0, 0.1) is 5.92 Å². The van der Waals surface area contributed by atoms with Crippen LogP contribution in [0.4, 0.5) is 0 Å². The molecule has 0 aliphatic heterocycles. The normalized spacial score (nSPS) is 37.1. The third kappa shape index (κ3) is 2.60. The number of aliphatic hydroxyl groups excluding tert-OH is 1. The van der Waals surface area contributed by atoms with Gasteiger partial charge in [-0.1, -0.05) is 26.2 Å². The molecule has 3 atom stereocenters. The van der Waals surface area contributed by atoms with Crippen LogP contribution >= 0.6 is 0 Å². The molecule has 94 valence electrons. The van der Waals surface area contributed by atoms with Crippen LogP contribution in [0.25, 0.3) is 0 Å². The fourth-order valence-electron chi connectivity index (χ4n) is 3.75. The largest absolute Gasteiger partial charge is 0.393 e. The number of rotatable bonds is 3. The highest BCUT2D eigenvalue weighted by Gasteiger charge is 2.34. The van der Waals surface area contributed by atoms with Crippen molar-refractivity contribution in [2.45, 2.75) is 76.5 Å². The minimum absolute atomic E-state index is 0.0448. The van der Waals surface area contributed by atoms with E-state index in [0.29, 0.717) is 6.04 Å². The molecule has 0 aromatic carbocycles. The maximum atomic E-state index is 9.86. The summed E-state index contributed by atoms with van der Waals surface area (Å²) >= 11 is 0. The first-order chi connectivity index (χ1) is 7.72. The smallest absolute Gasteiger partial charge is 0.0555 e. The zero-order valence-electron chi connectivity index (χ0n) is 10.9. The van der Waals surface area contributed by atoms with Gasteiger partial charge in [0.2, 0.25) is 0 Å². The summed E-state index contributed by atoms with van der Waals surface area (Å²) in [6.45, 7) is 2.30. The Labute approximate surface area is 100 Å². The Bertz CT molecular complexity index is 213. The van der Waals surface area contributed by atoms with Crippen LogP contribution in [0.5, 0.6) is 0 Å². The summed E-state index contributed by atoms with van der Waals surface area (Å²) in [5.41, 5.74) is 0. The topological polar surface area (TPSA) is 23.5 Å². The van der Waals surface area contributed by atoms with Gasteiger partial charge in [-0.25, -0.2) is 0 Å². The van der Waals surface area contributed by atoms with Crippen LogP contribution in [0.3, 0.4) is 0 Å². The van der Waals surface area contributed by atoms with Gasteiger partial charge in [0.1, 0.15) is 0 Å². The highest BCUT2D eigenvalue weighted by Crippen LogP contribution is 2.34. The zero-order valence-corrected chi connectivity index (χ0v) is 10.9. The van der Waals surface area contributed by atoms with Gasteiger partial charge >= 0.3 is 0 Å². The van der Waals surface area contributed by atoms with Crippen molar-refractivity contribution in [2.24, 2.45) is 5.92 Å². The molecule has 3 unspecified atom stereocenters. The molecule has 2 fully saturated rings. The number of aliphatic hydroxyl groups is 1. The first-order valence-corrected chi connectivity index (χ1v) is 7.12. The maximum absolute atomic E-state index is 9.86. The van der Waals surface area contributed by atoms with Crippen molar-refractivity contribution in [3.63, 3.8) is 0 Å². The van der Waals surface area contributed by atoms with Gasteiger partial charge in [-0.05, 0) is 45.1 Å². The Morgan fingerprint density at radius 1 is 1.12 bits per heavy atom. The Balaban J connectivity index is 1.97. The summed E-state index contributed by atoms with van der Waals surface area (Å²) in [5, 5.41) is 9.86. The van der Waals surface area contributed by atoms with E-state index in [0.717, 1.165) is 24.8 Å². The van der Waals surface area contributed by atoms with Crippen molar-refractivity contribution < 1.29 is 5.11 Å². The SMILES string of the molecule is CCC1CCC(O)CC1N(C)C1CCCC1. The highest BCUT2D eigenvalue weighted by molar-refractivity contribution is 4.89. The molecule has 0 heterocycles. The molecule has 2 rings (SSSR count). The summed E-state index contributed by atoms with van der Waals surface area (Å²) in [4.78, 5) is 2.60. The summed E-state index contributed by atoms with van der Waals surface area (Å²) in [7, 11) is 2.29. The van der Waals surface area contributed by atoms with E-state index in [9.17, 15) is 5.11 Å². The fraction of sp³-hybridized carbons (Fsp3) is 1.00. The van der Waals surface area contributed by atoms with Crippen LogP contribution in [0.15, 0.2) is 0 Å². The second-order valence-corrected chi connectivity index (χ2v) is 5.81. The molecule has 0 spiro atoms. The molecular formula is C14H27NO. The van der Waals surface area contributed by atoms with Crippen molar-refractivity contribution in [1.29, 1.82) is 0 Å². The van der Waals surface area contributed by atoms with Gasteiger partial charge in [-0.15, -0.1) is 0 Å². The molecule has 2 aliphatic rings. The molecular weight excluding hydrogens is 198 g/mol. The third-order valence-corrected chi connectivity index (χ3v) is 4.88. The number of nitrogens with zero attached hydrogens (tertiary/aromatic N) is 1. The van der Waals surface area contributed by atoms with Crippen molar-refractivity contribution in [2.75, 3.05) is 7.05 Å². The van der Waals surface area contributed by atoms with E-state index in [1.165, 1.54) is 38.5 Å². The van der Waals surface area contributed by atoms with E-state index in [1.54, 1.807) is 0 Å². The second kappa shape index (κ2) is 5.50. The van der Waals surface area contributed by atoms with Crippen molar-refractivity contribution >= 4 is 0 Å². The summed E-state index contributed by atoms with van der Waals surface area (Å²) in [6, 6.07) is 1.43. The van der Waals surface area contributed by atoms with E-state index in [-0.39, 0.29) is 6.10 Å². The predicted molar refractivity (Wildman–Crippen MR) is 67.4 cm³/mol. The van der Waals surface area contributed by atoms with Gasteiger partial charge in [0.15, 0.2) is 0 Å². The first kappa shape index (κ1) is 12.4. The van der Waals surface area contributed by atoms with Crippen LogP contribution in [0.2, 0.25) is 0 Å². The van der Waals surface area contributed by atoms with Crippen LogP contribution in [0.1, 0.15) is 58.3 Å². The van der Waals surface area contributed by atoms with E-state index < -0.39 is 0 Å². The van der Waals surface area contributed by atoms with E-state index in [2.05, 4.69) is 18.9 Å². The summed E-state index contributed by atoms with van der Waals surface area (Å²) in [5.74, 6) is 0.814. The van der Waals surface area contributed by atoms with Crippen LogP contribution in [-0.4, -0.2) is 35.2 Å². The lowest BCUT2D eigenvalue weighted by atomic mass is 9.80. The van der Waals surface area contributed by atoms with Gasteiger partial charge in [0.05, 0.1) is 6.10 Å². The van der Waals surface area contributed by atoms with Gasteiger partial charge in [-0.3, -0.25) is 0 Å². The molecule has 1 N–H and O–H groups in total. The summed E-state index contributed by atoms with van der Waals surface area (Å²) in [6.07, 6.45) is 10.0. The van der Waals surface area contributed by atoms with Gasteiger partial charge in [0.25, 0.3) is 0 Å². The van der Waals surface area contributed by atoms with Gasteiger partial charge in [-0.2, -0.15) is 0 Å². The second-order valence-electron chi connectivity index (χ2n) is 5.81. The van der Waals surface area contributed by atoms with E-state index in [1.807, 2.05) is 0 Å². The zero-order chi connectivity index (χ0) is 11.5. The molecule has 2 heteroatoms. The molecule has 16 heavy (non-hydrogen) atoms. The third-order valence-electron chi connectivity index (χ3n) is 4.88. The fourth-order valence-corrected chi connectivity index (χ4v) is 3.75. The quantitative estimate of drug-likeness (QED) is 0.798. The number of hydrogen-bond acceptors (Lipinski definition) is 2. The lowest BCUT2D eigenvalue weighted by Crippen LogP contribution is -2.47. The molecule has 0 saturated heterocycles. The molecule has 2 saturated carbocycles. The minimum atomic E-state index is -0.0448. The van der Waals surface area contributed by atoms with Gasteiger partial charge < -0.3 is 10.0 Å². The van der Waals surface area contributed by atoms with E-state index >= 15 is 0 Å². The van der Waals surface area contributed by atoms with Crippen molar-refractivity contribution in [3.8, 4) is 0 Å². The van der Waals surface area contributed by atoms with Crippen LogP contribution < -0.4 is 0 Å². The van der Waals surface area contributed by atoms with Crippen molar-refractivity contribution in [1.82, 2.24) is 4.90 Å². The standard InChI is InChI=1S/C14H27NO/c1-3-11-8-9-13(16)10-14(11)15(2)12-6-4-5-7-12/h11-14,16H,3-10H2,1-2H3. The Hall–Kier alpha value is -0.0800. The monoisotopic (exact) mass is 225 g/mol. The molecule has 0 amide bonds. The van der Waals surface area contributed by atoms with E-state index in [4.69, 9.17) is 0 Å². The molecule has 0 bridgehead atoms.